The minimum atomic E-state index is -3.92. The van der Waals surface area contributed by atoms with Crippen molar-refractivity contribution in [2.45, 2.75) is 4.90 Å². The largest absolute Gasteiger partial charge is 0.389 e. The summed E-state index contributed by atoms with van der Waals surface area (Å²) >= 11 is 10.7. The second-order valence-corrected chi connectivity index (χ2v) is 8.56. The summed E-state index contributed by atoms with van der Waals surface area (Å²) in [5, 5.41) is -0.0516. The summed E-state index contributed by atoms with van der Waals surface area (Å²) in [5.41, 5.74) is 5.86. The molecule has 118 valence electrons. The van der Waals surface area contributed by atoms with Crippen LogP contribution in [0.25, 0.3) is 0 Å². The van der Waals surface area contributed by atoms with Gasteiger partial charge in [-0.05, 0) is 19.2 Å². The lowest BCUT2D eigenvalue weighted by atomic mass is 10.2. The third kappa shape index (κ3) is 5.16. The predicted octanol–water partition coefficient (Wildman–Crippen LogP) is -0.198. The minimum absolute atomic E-state index is 0.0516. The number of nitrogens with one attached hydrogen (secondary N) is 2. The van der Waals surface area contributed by atoms with E-state index >= 15 is 0 Å². The number of hydrogen-bond acceptors (Lipinski definition) is 5. The Kier molecular flexibility index (Phi) is 6.08. The molecule has 0 saturated heterocycles. The predicted molar refractivity (Wildman–Crippen MR) is 85.4 cm³/mol. The monoisotopic (exact) mass is 371 g/mol. The van der Waals surface area contributed by atoms with E-state index in [1.165, 1.54) is 25.2 Å². The van der Waals surface area contributed by atoms with E-state index in [1.54, 1.807) is 0 Å². The van der Waals surface area contributed by atoms with Crippen molar-refractivity contribution in [2.75, 3.05) is 19.3 Å². The molecule has 11 heteroatoms. The first-order valence-corrected chi connectivity index (χ1v) is 9.51. The van der Waals surface area contributed by atoms with Crippen LogP contribution in [0.4, 0.5) is 0 Å². The fraction of sp³-hybridized carbons (Fsp3) is 0.300. The second-order valence-electron chi connectivity index (χ2n) is 3.93. The van der Waals surface area contributed by atoms with Crippen molar-refractivity contribution in [2.24, 2.45) is 5.73 Å². The summed E-state index contributed by atoms with van der Waals surface area (Å²) in [4.78, 5) is -0.0834. The number of halogens is 1. The first-order valence-electron chi connectivity index (χ1n) is 5.59. The smallest absolute Gasteiger partial charge is 0.242 e. The highest BCUT2D eigenvalue weighted by Crippen LogP contribution is 2.22. The van der Waals surface area contributed by atoms with Crippen LogP contribution in [0.2, 0.25) is 5.02 Å². The van der Waals surface area contributed by atoms with Gasteiger partial charge in [-0.1, -0.05) is 29.9 Å². The van der Waals surface area contributed by atoms with Crippen LogP contribution in [-0.2, 0) is 20.0 Å². The molecule has 0 aliphatic rings. The van der Waals surface area contributed by atoms with Crippen LogP contribution >= 0.6 is 23.8 Å². The third-order valence-electron chi connectivity index (χ3n) is 2.48. The Morgan fingerprint density at radius 3 is 2.43 bits per heavy atom. The molecule has 0 saturated carbocycles. The van der Waals surface area contributed by atoms with Gasteiger partial charge < -0.3 is 5.73 Å². The Morgan fingerprint density at radius 1 is 1.33 bits per heavy atom. The van der Waals surface area contributed by atoms with Gasteiger partial charge >= 0.3 is 0 Å². The van der Waals surface area contributed by atoms with Gasteiger partial charge in [-0.15, -0.1) is 0 Å². The number of benzene rings is 1. The van der Waals surface area contributed by atoms with Gasteiger partial charge in [0.05, 0.1) is 10.8 Å². The summed E-state index contributed by atoms with van der Waals surface area (Å²) in [6.45, 7) is -0.279. The highest BCUT2D eigenvalue weighted by Gasteiger charge is 2.19. The van der Waals surface area contributed by atoms with Crippen molar-refractivity contribution < 1.29 is 16.8 Å². The fourth-order valence-corrected chi connectivity index (χ4v) is 3.77. The third-order valence-corrected chi connectivity index (χ3v) is 6.02. The van der Waals surface area contributed by atoms with E-state index in [0.29, 0.717) is 5.56 Å². The van der Waals surface area contributed by atoms with Crippen molar-refractivity contribution in [3.8, 4) is 0 Å². The fourth-order valence-electron chi connectivity index (χ4n) is 1.36. The summed E-state index contributed by atoms with van der Waals surface area (Å²) < 4.78 is 50.7. The highest BCUT2D eigenvalue weighted by atomic mass is 35.5. The van der Waals surface area contributed by atoms with Gasteiger partial charge in [-0.2, -0.15) is 0 Å². The van der Waals surface area contributed by atoms with E-state index in [2.05, 4.69) is 9.44 Å². The van der Waals surface area contributed by atoms with Gasteiger partial charge in [0, 0.05) is 12.1 Å². The molecule has 0 aliphatic carbocycles. The Morgan fingerprint density at radius 2 is 1.95 bits per heavy atom. The van der Waals surface area contributed by atoms with Crippen LogP contribution in [0.15, 0.2) is 23.1 Å². The molecule has 21 heavy (non-hydrogen) atoms. The Hall–Kier alpha value is -0.780. The maximum Gasteiger partial charge on any atom is 0.242 e. The minimum Gasteiger partial charge on any atom is -0.389 e. The molecule has 4 N–H and O–H groups in total. The van der Waals surface area contributed by atoms with Crippen LogP contribution in [-0.4, -0.2) is 41.2 Å². The van der Waals surface area contributed by atoms with Crippen LogP contribution in [0, 0.1) is 0 Å². The van der Waals surface area contributed by atoms with Gasteiger partial charge in [-0.25, -0.2) is 26.3 Å². The van der Waals surface area contributed by atoms with E-state index in [0.717, 1.165) is 0 Å². The molecule has 1 aromatic carbocycles. The summed E-state index contributed by atoms with van der Waals surface area (Å²) in [6.07, 6.45) is 0. The topological polar surface area (TPSA) is 118 Å². The van der Waals surface area contributed by atoms with Crippen molar-refractivity contribution >= 4 is 48.9 Å². The molecule has 0 radical (unpaired) electrons. The molecular weight excluding hydrogens is 358 g/mol. The van der Waals surface area contributed by atoms with E-state index in [9.17, 15) is 16.8 Å². The summed E-state index contributed by atoms with van der Waals surface area (Å²) in [7, 11) is -6.17. The molecule has 0 aromatic heterocycles. The molecule has 0 aliphatic heterocycles. The van der Waals surface area contributed by atoms with Crippen molar-refractivity contribution in [1.29, 1.82) is 0 Å². The molecule has 0 amide bonds. The number of thiocarbonyl (C=S) groups is 1. The Labute approximate surface area is 134 Å². The lowest BCUT2D eigenvalue weighted by molar-refractivity contribution is 0.578. The van der Waals surface area contributed by atoms with Crippen LogP contribution in [0.5, 0.6) is 0 Å². The lowest BCUT2D eigenvalue weighted by Crippen LogP contribution is -2.33. The number of rotatable bonds is 7. The molecule has 1 aromatic rings. The van der Waals surface area contributed by atoms with E-state index in [-0.39, 0.29) is 27.2 Å². The van der Waals surface area contributed by atoms with Crippen LogP contribution in [0.3, 0.4) is 0 Å². The van der Waals surface area contributed by atoms with Gasteiger partial charge in [0.15, 0.2) is 0 Å². The van der Waals surface area contributed by atoms with E-state index in [4.69, 9.17) is 29.6 Å². The van der Waals surface area contributed by atoms with Gasteiger partial charge in [0.2, 0.25) is 20.0 Å². The number of hydrogen-bond donors (Lipinski definition) is 3. The van der Waals surface area contributed by atoms with E-state index in [1.807, 2.05) is 0 Å². The van der Waals surface area contributed by atoms with Gasteiger partial charge in [-0.3, -0.25) is 0 Å². The Balaban J connectivity index is 2.91. The Bertz CT molecular complexity index is 747. The molecule has 1 rings (SSSR count). The zero-order valence-electron chi connectivity index (χ0n) is 11.0. The van der Waals surface area contributed by atoms with Gasteiger partial charge in [0.25, 0.3) is 0 Å². The molecule has 0 fully saturated rings. The molecule has 0 heterocycles. The van der Waals surface area contributed by atoms with Crippen molar-refractivity contribution in [3.05, 3.63) is 28.8 Å². The molecule has 0 bridgehead atoms. The van der Waals surface area contributed by atoms with Crippen LogP contribution < -0.4 is 15.2 Å². The molecular formula is C10H14ClN3O4S3. The quantitative estimate of drug-likeness (QED) is 0.571. The number of nitrogens with two attached hydrogens (primary N) is 1. The standard InChI is InChI=1S/C10H14ClN3O4S3/c1-13-20(15,16)5-4-14-21(17,18)9-3-2-7(10(12)19)6-8(9)11/h2-3,6,13-14H,4-5H2,1H3,(H2,12,19). The lowest BCUT2D eigenvalue weighted by Gasteiger charge is -2.09. The summed E-state index contributed by atoms with van der Waals surface area (Å²) in [5.74, 6) is -0.384. The zero-order valence-corrected chi connectivity index (χ0v) is 14.2. The number of sulfonamides is 2. The van der Waals surface area contributed by atoms with E-state index < -0.39 is 20.0 Å². The molecule has 7 nitrogen and oxygen atoms in total. The maximum atomic E-state index is 12.0. The van der Waals surface area contributed by atoms with Crippen molar-refractivity contribution in [3.63, 3.8) is 0 Å². The SMILES string of the molecule is CNS(=O)(=O)CCNS(=O)(=O)c1ccc(C(N)=S)cc1Cl. The highest BCUT2D eigenvalue weighted by molar-refractivity contribution is 7.90. The first kappa shape index (κ1) is 18.3. The first-order chi connectivity index (χ1) is 9.59. The van der Waals surface area contributed by atoms with Crippen LogP contribution in [0.1, 0.15) is 5.56 Å². The molecule has 0 unspecified atom stereocenters. The average molecular weight is 372 g/mol. The molecule has 0 atom stereocenters. The molecule has 0 spiro atoms. The normalized spacial score (nSPS) is 12.3. The maximum absolute atomic E-state index is 12.0. The van der Waals surface area contributed by atoms with Gasteiger partial charge in [0.1, 0.15) is 9.88 Å². The second kappa shape index (κ2) is 6.99. The van der Waals surface area contributed by atoms with Crippen molar-refractivity contribution in [1.82, 2.24) is 9.44 Å². The summed E-state index contributed by atoms with van der Waals surface area (Å²) in [6, 6.07) is 4.02. The zero-order chi connectivity index (χ0) is 16.3. The average Bonchev–Trinajstić information content (AvgIpc) is 2.37.